The van der Waals surface area contributed by atoms with Gasteiger partial charge in [-0.2, -0.15) is 0 Å². The molecule has 0 amide bonds. The maximum atomic E-state index is 12.2. The van der Waals surface area contributed by atoms with E-state index in [1.54, 1.807) is 24.3 Å². The summed E-state index contributed by atoms with van der Waals surface area (Å²) in [6, 6.07) is 14.2. The van der Waals surface area contributed by atoms with Gasteiger partial charge in [-0.1, -0.05) is 36.4 Å². The second-order valence-electron chi connectivity index (χ2n) is 5.89. The first kappa shape index (κ1) is 19.4. The molecule has 0 N–H and O–H groups in total. The van der Waals surface area contributed by atoms with E-state index in [0.717, 1.165) is 5.56 Å². The summed E-state index contributed by atoms with van der Waals surface area (Å²) in [5, 5.41) is 0. The summed E-state index contributed by atoms with van der Waals surface area (Å²) < 4.78 is 10.3. The fourth-order valence-electron chi connectivity index (χ4n) is 2.39. The van der Waals surface area contributed by atoms with Crippen molar-refractivity contribution in [3.63, 3.8) is 0 Å². The van der Waals surface area contributed by atoms with Gasteiger partial charge in [-0.25, -0.2) is 0 Å². The van der Waals surface area contributed by atoms with Crippen molar-refractivity contribution in [3.8, 4) is 5.75 Å². The summed E-state index contributed by atoms with van der Waals surface area (Å²) in [4.78, 5) is 34.2. The lowest BCUT2D eigenvalue weighted by Gasteiger charge is -2.07. The molecule has 2 rings (SSSR count). The predicted molar refractivity (Wildman–Crippen MR) is 97.7 cm³/mol. The third-order valence-corrected chi connectivity index (χ3v) is 3.83. The van der Waals surface area contributed by atoms with E-state index in [9.17, 15) is 14.4 Å². The third-order valence-electron chi connectivity index (χ3n) is 3.83. The van der Waals surface area contributed by atoms with Crippen molar-refractivity contribution in [2.45, 2.75) is 26.7 Å². The summed E-state index contributed by atoms with van der Waals surface area (Å²) in [6.07, 6.45) is 1.02. The SMILES string of the molecule is CC(=O)OCCOc1ccc(CCC(=O)c2ccc(C(C)=O)cc2)cc1. The molecule has 0 atom stereocenters. The summed E-state index contributed by atoms with van der Waals surface area (Å²) in [7, 11) is 0. The van der Waals surface area contributed by atoms with Crippen molar-refractivity contribution in [2.24, 2.45) is 0 Å². The maximum Gasteiger partial charge on any atom is 0.302 e. The highest BCUT2D eigenvalue weighted by molar-refractivity contribution is 5.98. The second kappa shape index (κ2) is 9.51. The van der Waals surface area contributed by atoms with Gasteiger partial charge in [-0.3, -0.25) is 14.4 Å². The van der Waals surface area contributed by atoms with Crippen LogP contribution in [0.3, 0.4) is 0 Å². The zero-order valence-corrected chi connectivity index (χ0v) is 15.0. The van der Waals surface area contributed by atoms with Gasteiger partial charge >= 0.3 is 5.97 Å². The van der Waals surface area contributed by atoms with Crippen LogP contribution in [0, 0.1) is 0 Å². The van der Waals surface area contributed by atoms with Crippen LogP contribution in [0.15, 0.2) is 48.5 Å². The highest BCUT2D eigenvalue weighted by Crippen LogP contribution is 2.15. The van der Waals surface area contributed by atoms with Crippen LogP contribution in [0.25, 0.3) is 0 Å². The number of ketones is 2. The van der Waals surface area contributed by atoms with Gasteiger partial charge in [0.1, 0.15) is 19.0 Å². The van der Waals surface area contributed by atoms with Crippen LogP contribution in [-0.2, 0) is 16.0 Å². The quantitative estimate of drug-likeness (QED) is 0.391. The van der Waals surface area contributed by atoms with Gasteiger partial charge in [0.15, 0.2) is 11.6 Å². The Bertz CT molecular complexity index is 760. The number of aryl methyl sites for hydroxylation is 1. The zero-order valence-electron chi connectivity index (χ0n) is 15.0. The molecule has 0 saturated carbocycles. The molecule has 0 radical (unpaired) electrons. The van der Waals surface area contributed by atoms with E-state index in [0.29, 0.717) is 36.3 Å². The van der Waals surface area contributed by atoms with Gasteiger partial charge in [0.05, 0.1) is 0 Å². The zero-order chi connectivity index (χ0) is 18.9. The first-order valence-corrected chi connectivity index (χ1v) is 8.45. The molecule has 0 aliphatic carbocycles. The topological polar surface area (TPSA) is 69.7 Å². The Balaban J connectivity index is 1.80. The molecule has 0 aromatic heterocycles. The van der Waals surface area contributed by atoms with Crippen molar-refractivity contribution in [3.05, 3.63) is 65.2 Å². The Kier molecular flexibility index (Phi) is 7.09. The van der Waals surface area contributed by atoms with Crippen LogP contribution in [0.1, 0.15) is 46.5 Å². The minimum absolute atomic E-state index is 0.0147. The molecule has 26 heavy (non-hydrogen) atoms. The molecule has 2 aromatic carbocycles. The average Bonchev–Trinajstić information content (AvgIpc) is 2.64. The van der Waals surface area contributed by atoms with E-state index in [2.05, 4.69) is 0 Å². The summed E-state index contributed by atoms with van der Waals surface area (Å²) in [6.45, 7) is 3.37. The summed E-state index contributed by atoms with van der Waals surface area (Å²) in [5.41, 5.74) is 2.25. The van der Waals surface area contributed by atoms with Crippen molar-refractivity contribution < 1.29 is 23.9 Å². The van der Waals surface area contributed by atoms with E-state index >= 15 is 0 Å². The van der Waals surface area contributed by atoms with Crippen LogP contribution in [0.5, 0.6) is 5.75 Å². The van der Waals surface area contributed by atoms with Gasteiger partial charge in [0, 0.05) is 24.5 Å². The number of ether oxygens (including phenoxy) is 2. The molecule has 0 aliphatic heterocycles. The van der Waals surface area contributed by atoms with Gasteiger partial charge in [0.25, 0.3) is 0 Å². The number of carbonyl (C=O) groups is 3. The highest BCUT2D eigenvalue weighted by atomic mass is 16.6. The molecule has 0 unspecified atom stereocenters. The van der Waals surface area contributed by atoms with Gasteiger partial charge < -0.3 is 9.47 Å². The molecule has 5 heteroatoms. The number of Topliss-reactive ketones (excluding diaryl/α,β-unsaturated/α-hetero) is 2. The summed E-state index contributed by atoms with van der Waals surface area (Å²) in [5.74, 6) is 0.387. The lowest BCUT2D eigenvalue weighted by Crippen LogP contribution is -2.09. The molecular weight excluding hydrogens is 332 g/mol. The Labute approximate surface area is 152 Å². The smallest absolute Gasteiger partial charge is 0.302 e. The first-order chi connectivity index (χ1) is 12.5. The Hall–Kier alpha value is -2.95. The van der Waals surface area contributed by atoms with E-state index < -0.39 is 0 Å². The van der Waals surface area contributed by atoms with Crippen LogP contribution in [-0.4, -0.2) is 30.7 Å². The number of esters is 1. The number of benzene rings is 2. The van der Waals surface area contributed by atoms with Crippen molar-refractivity contribution in [1.29, 1.82) is 0 Å². The Morgan fingerprint density at radius 3 is 2.00 bits per heavy atom. The van der Waals surface area contributed by atoms with Crippen LogP contribution in [0.4, 0.5) is 0 Å². The van der Waals surface area contributed by atoms with Crippen molar-refractivity contribution in [2.75, 3.05) is 13.2 Å². The van der Waals surface area contributed by atoms with Crippen LogP contribution in [0.2, 0.25) is 0 Å². The molecule has 0 heterocycles. The Morgan fingerprint density at radius 2 is 1.42 bits per heavy atom. The minimum Gasteiger partial charge on any atom is -0.490 e. The number of hydrogen-bond acceptors (Lipinski definition) is 5. The largest absolute Gasteiger partial charge is 0.490 e. The van der Waals surface area contributed by atoms with Crippen LogP contribution >= 0.6 is 0 Å². The molecule has 0 saturated heterocycles. The van der Waals surface area contributed by atoms with Gasteiger partial charge in [-0.05, 0) is 31.0 Å². The van der Waals surface area contributed by atoms with Crippen LogP contribution < -0.4 is 4.74 Å². The lowest BCUT2D eigenvalue weighted by molar-refractivity contribution is -0.141. The number of rotatable bonds is 9. The standard InChI is InChI=1S/C21H22O5/c1-15(22)18-6-8-19(9-7-18)21(24)12-5-17-3-10-20(11-4-17)26-14-13-25-16(2)23/h3-4,6-11H,5,12-14H2,1-2H3. The fraction of sp³-hybridized carbons (Fsp3) is 0.286. The van der Waals surface area contributed by atoms with E-state index in [4.69, 9.17) is 9.47 Å². The second-order valence-corrected chi connectivity index (χ2v) is 5.89. The van der Waals surface area contributed by atoms with Gasteiger partial charge in [-0.15, -0.1) is 0 Å². The Morgan fingerprint density at radius 1 is 0.808 bits per heavy atom. The molecular formula is C21H22O5. The predicted octanol–water partition coefficient (Wildman–Crippen LogP) is 3.65. The molecule has 0 bridgehead atoms. The number of hydrogen-bond donors (Lipinski definition) is 0. The van der Waals surface area contributed by atoms with Crippen molar-refractivity contribution >= 4 is 17.5 Å². The highest BCUT2D eigenvalue weighted by Gasteiger charge is 2.07. The van der Waals surface area contributed by atoms with E-state index in [1.807, 2.05) is 24.3 Å². The number of carbonyl (C=O) groups excluding carboxylic acids is 3. The third kappa shape index (κ3) is 6.16. The van der Waals surface area contributed by atoms with Crippen molar-refractivity contribution in [1.82, 2.24) is 0 Å². The molecule has 0 fully saturated rings. The van der Waals surface area contributed by atoms with Gasteiger partial charge in [0.2, 0.25) is 0 Å². The lowest BCUT2D eigenvalue weighted by atomic mass is 10.0. The molecule has 5 nitrogen and oxygen atoms in total. The molecule has 2 aromatic rings. The fourth-order valence-corrected chi connectivity index (χ4v) is 2.39. The first-order valence-electron chi connectivity index (χ1n) is 8.45. The monoisotopic (exact) mass is 354 g/mol. The molecule has 136 valence electrons. The maximum absolute atomic E-state index is 12.2. The normalized spacial score (nSPS) is 10.2. The summed E-state index contributed by atoms with van der Waals surface area (Å²) >= 11 is 0. The molecule has 0 aliphatic rings. The van der Waals surface area contributed by atoms with E-state index in [1.165, 1.54) is 13.8 Å². The molecule has 0 spiro atoms. The minimum atomic E-state index is -0.329. The van der Waals surface area contributed by atoms with E-state index in [-0.39, 0.29) is 24.1 Å². The average molecular weight is 354 g/mol.